The van der Waals surface area contributed by atoms with Crippen LogP contribution < -0.4 is 0 Å². The summed E-state index contributed by atoms with van der Waals surface area (Å²) in [7, 11) is 2.05. The lowest BCUT2D eigenvalue weighted by Crippen LogP contribution is -2.33. The predicted octanol–water partition coefficient (Wildman–Crippen LogP) is 3.71. The fraction of sp³-hybridized carbons (Fsp3) is 1.00. The molecule has 0 aliphatic heterocycles. The van der Waals surface area contributed by atoms with Gasteiger partial charge in [0.25, 0.3) is 0 Å². The van der Waals surface area contributed by atoms with Gasteiger partial charge in [-0.2, -0.15) is 0 Å². The highest BCUT2D eigenvalue weighted by molar-refractivity contribution is 8.13. The number of rotatable bonds is 7. The first-order valence-corrected chi connectivity index (χ1v) is 9.97. The maximum atomic E-state index is 11.5. The lowest BCUT2D eigenvalue weighted by Gasteiger charge is -2.31. The van der Waals surface area contributed by atoms with Crippen molar-refractivity contribution in [2.24, 2.45) is 11.3 Å². The Labute approximate surface area is 121 Å². The van der Waals surface area contributed by atoms with Crippen LogP contribution in [0.5, 0.6) is 0 Å². The summed E-state index contributed by atoms with van der Waals surface area (Å²) >= 11 is 0. The van der Waals surface area contributed by atoms with Gasteiger partial charge in [-0.05, 0) is 25.2 Å². The highest BCUT2D eigenvalue weighted by Crippen LogP contribution is 2.38. The summed E-state index contributed by atoms with van der Waals surface area (Å²) in [5.41, 5.74) is -0.235. The van der Waals surface area contributed by atoms with E-state index in [1.807, 2.05) is 0 Å². The molecule has 0 unspecified atom stereocenters. The molecule has 2 aliphatic rings. The van der Waals surface area contributed by atoms with Crippen molar-refractivity contribution in [1.29, 1.82) is 0 Å². The van der Waals surface area contributed by atoms with Crippen LogP contribution in [0.15, 0.2) is 0 Å². The molecule has 0 N–H and O–H groups in total. The molecule has 112 valence electrons. The van der Waals surface area contributed by atoms with Crippen molar-refractivity contribution in [3.05, 3.63) is 0 Å². The summed E-state index contributed by atoms with van der Waals surface area (Å²) in [6.45, 7) is 1.33. The van der Waals surface area contributed by atoms with Crippen molar-refractivity contribution in [1.82, 2.24) is 0 Å². The molecule has 0 radical (unpaired) electrons. The molecule has 0 amide bonds. The Bertz CT molecular complexity index is 368. The van der Waals surface area contributed by atoms with Gasteiger partial charge in [0.15, 0.2) is 0 Å². The molecule has 2 rings (SSSR count). The van der Waals surface area contributed by atoms with Gasteiger partial charge in [0.1, 0.15) is 0 Å². The van der Waals surface area contributed by atoms with Gasteiger partial charge in [0.05, 0.1) is 12.4 Å². The quantitative estimate of drug-likeness (QED) is 0.409. The second kappa shape index (κ2) is 6.77. The first-order chi connectivity index (χ1) is 8.99. The molecule has 5 heteroatoms. The third-order valence-electron chi connectivity index (χ3n) is 4.42. The molecule has 0 aromatic carbocycles. The molecule has 0 aromatic heterocycles. The van der Waals surface area contributed by atoms with Gasteiger partial charge < -0.3 is 4.74 Å². The van der Waals surface area contributed by atoms with Gasteiger partial charge >= 0.3 is 0 Å². The molecular weight excluding hydrogens is 284 g/mol. The number of ether oxygens (including phenoxy) is 1. The Morgan fingerprint density at radius 2 is 1.74 bits per heavy atom. The van der Waals surface area contributed by atoms with Crippen LogP contribution in [0.4, 0.5) is 0 Å². The summed E-state index contributed by atoms with van der Waals surface area (Å²) in [6.07, 6.45) is 10.3. The molecule has 0 aromatic rings. The fourth-order valence-electron chi connectivity index (χ4n) is 3.12. The zero-order valence-electron chi connectivity index (χ0n) is 11.6. The molecule has 0 bridgehead atoms. The van der Waals surface area contributed by atoms with E-state index in [0.717, 1.165) is 44.6 Å². The van der Waals surface area contributed by atoms with Gasteiger partial charge in [0, 0.05) is 22.7 Å². The third-order valence-corrected chi connectivity index (χ3v) is 5.70. The molecule has 3 nitrogen and oxygen atoms in total. The Hall–Kier alpha value is 0.200. The monoisotopic (exact) mass is 308 g/mol. The summed E-state index contributed by atoms with van der Waals surface area (Å²) < 4.78 is 28.8. The Morgan fingerprint density at radius 1 is 1.11 bits per heavy atom. The lowest BCUT2D eigenvalue weighted by atomic mass is 9.83. The van der Waals surface area contributed by atoms with Crippen LogP contribution in [0.25, 0.3) is 0 Å². The van der Waals surface area contributed by atoms with Gasteiger partial charge in [-0.25, -0.2) is 8.42 Å². The maximum absolute atomic E-state index is 11.5. The van der Waals surface area contributed by atoms with Crippen LogP contribution in [0.2, 0.25) is 0 Å². The molecule has 2 fully saturated rings. The predicted molar refractivity (Wildman–Crippen MR) is 77.9 cm³/mol. The zero-order chi connectivity index (χ0) is 13.8. The number of halogens is 1. The molecular formula is C14H25ClO3S. The van der Waals surface area contributed by atoms with Gasteiger partial charge in [-0.3, -0.25) is 0 Å². The van der Waals surface area contributed by atoms with Crippen molar-refractivity contribution in [3.8, 4) is 0 Å². The van der Waals surface area contributed by atoms with E-state index in [4.69, 9.17) is 15.4 Å². The van der Waals surface area contributed by atoms with E-state index >= 15 is 0 Å². The Balaban J connectivity index is 1.87. The largest absolute Gasteiger partial charge is 0.381 e. The summed E-state index contributed by atoms with van der Waals surface area (Å²) in [5.74, 6) is 0.937. The van der Waals surface area contributed by atoms with Crippen molar-refractivity contribution in [2.75, 3.05) is 19.0 Å². The first kappa shape index (κ1) is 15.6. The minimum Gasteiger partial charge on any atom is -0.381 e. The SMILES string of the molecule is O=S(=O)(Cl)CC1(COCCC2CC2)CCCCCC1. The van der Waals surface area contributed by atoms with Crippen LogP contribution >= 0.6 is 10.7 Å². The van der Waals surface area contributed by atoms with Crippen molar-refractivity contribution >= 4 is 19.7 Å². The molecule has 0 atom stereocenters. The number of hydrogen-bond acceptors (Lipinski definition) is 3. The van der Waals surface area contributed by atoms with E-state index in [1.54, 1.807) is 0 Å². The van der Waals surface area contributed by atoms with Crippen LogP contribution in [0.1, 0.15) is 57.8 Å². The minimum absolute atomic E-state index is 0.0744. The average Bonchev–Trinajstić information content (AvgIpc) is 3.10. The van der Waals surface area contributed by atoms with E-state index in [2.05, 4.69) is 0 Å². The smallest absolute Gasteiger partial charge is 0.233 e. The molecule has 0 heterocycles. The summed E-state index contributed by atoms with van der Waals surface area (Å²) in [4.78, 5) is 0. The second-order valence-corrected chi connectivity index (χ2v) is 9.16. The van der Waals surface area contributed by atoms with Crippen LogP contribution in [0, 0.1) is 11.3 Å². The normalized spacial score (nSPS) is 24.1. The Morgan fingerprint density at radius 3 is 2.26 bits per heavy atom. The standard InChI is InChI=1S/C14H25ClO3S/c15-19(16,17)12-14(8-3-1-2-4-9-14)11-18-10-7-13-5-6-13/h13H,1-12H2. The van der Waals surface area contributed by atoms with Crippen molar-refractivity contribution in [3.63, 3.8) is 0 Å². The fourth-order valence-corrected chi connectivity index (χ4v) is 4.92. The van der Waals surface area contributed by atoms with Crippen molar-refractivity contribution < 1.29 is 13.2 Å². The summed E-state index contributed by atoms with van der Waals surface area (Å²) in [5, 5.41) is 0. The van der Waals surface area contributed by atoms with Crippen LogP contribution in [-0.2, 0) is 13.8 Å². The highest BCUT2D eigenvalue weighted by Gasteiger charge is 2.35. The second-order valence-electron chi connectivity index (χ2n) is 6.38. The van der Waals surface area contributed by atoms with E-state index in [0.29, 0.717) is 6.61 Å². The summed E-state index contributed by atoms with van der Waals surface area (Å²) in [6, 6.07) is 0. The van der Waals surface area contributed by atoms with Crippen molar-refractivity contribution in [2.45, 2.75) is 57.8 Å². The Kier molecular flexibility index (Phi) is 5.55. The average molecular weight is 309 g/mol. The molecule has 0 saturated heterocycles. The number of hydrogen-bond donors (Lipinski definition) is 0. The molecule has 0 spiro atoms. The molecule has 19 heavy (non-hydrogen) atoms. The minimum atomic E-state index is -3.45. The van der Waals surface area contributed by atoms with Gasteiger partial charge in [-0.1, -0.05) is 38.5 Å². The van der Waals surface area contributed by atoms with Gasteiger partial charge in [-0.15, -0.1) is 0 Å². The van der Waals surface area contributed by atoms with Crippen LogP contribution in [0.3, 0.4) is 0 Å². The first-order valence-electron chi connectivity index (χ1n) is 7.49. The van der Waals surface area contributed by atoms with E-state index in [-0.39, 0.29) is 11.2 Å². The van der Waals surface area contributed by atoms with E-state index in [9.17, 15) is 8.42 Å². The molecule has 2 saturated carbocycles. The lowest BCUT2D eigenvalue weighted by molar-refractivity contribution is 0.0431. The molecule has 2 aliphatic carbocycles. The third kappa shape index (κ3) is 6.01. The highest BCUT2D eigenvalue weighted by atomic mass is 35.7. The maximum Gasteiger partial charge on any atom is 0.233 e. The van der Waals surface area contributed by atoms with E-state index < -0.39 is 9.05 Å². The van der Waals surface area contributed by atoms with Gasteiger partial charge in [0.2, 0.25) is 9.05 Å². The zero-order valence-corrected chi connectivity index (χ0v) is 13.1. The van der Waals surface area contributed by atoms with Crippen LogP contribution in [-0.4, -0.2) is 27.4 Å². The van der Waals surface area contributed by atoms with E-state index in [1.165, 1.54) is 25.7 Å². The topological polar surface area (TPSA) is 43.4 Å².